The molecule has 0 radical (unpaired) electrons. The van der Waals surface area contributed by atoms with Crippen molar-refractivity contribution >= 4 is 6.41 Å². The van der Waals surface area contributed by atoms with Gasteiger partial charge in [0.25, 0.3) is 0 Å². The van der Waals surface area contributed by atoms with Crippen molar-refractivity contribution in [1.29, 1.82) is 0 Å². The maximum absolute atomic E-state index is 11.5. The molecule has 2 atom stereocenters. The molecule has 24 heavy (non-hydrogen) atoms. The van der Waals surface area contributed by atoms with Crippen molar-refractivity contribution in [2.45, 2.75) is 50.7 Å². The van der Waals surface area contributed by atoms with Gasteiger partial charge in [-0.05, 0) is 49.0 Å². The molecule has 3 aliphatic heterocycles. The Morgan fingerprint density at radius 2 is 2.17 bits per heavy atom. The summed E-state index contributed by atoms with van der Waals surface area (Å²) in [7, 11) is 0. The molecule has 2 fully saturated rings. The Labute approximate surface area is 149 Å². The van der Waals surface area contributed by atoms with Crippen LogP contribution in [0.2, 0.25) is 0 Å². The first-order valence-electron chi connectivity index (χ1n) is 10.6. The Kier molecular flexibility index (Phi) is 3.23. The lowest BCUT2D eigenvalue weighted by molar-refractivity contribution is -0.122. The zero-order chi connectivity index (χ0) is 19.2. The van der Waals surface area contributed by atoms with Gasteiger partial charge in [0.2, 0.25) is 6.41 Å². The molecular formula is C20H28N2O2. The molecule has 0 aromatic heterocycles. The van der Waals surface area contributed by atoms with Gasteiger partial charge in [-0.3, -0.25) is 4.79 Å². The fourth-order valence-electron chi connectivity index (χ4n) is 4.52. The summed E-state index contributed by atoms with van der Waals surface area (Å²) < 4.78 is 29.1. The highest BCUT2D eigenvalue weighted by atomic mass is 16.5. The molecule has 0 aliphatic carbocycles. The standard InChI is InChI=1S/C20H28N2O2/c1-15-3-5-18(22(13-15)14-23)16-4-6-19-17(11-16)12-20(24-19)7-9-21(2)10-8-20/h4,6,11,14-15,18H,3,5,7-10,12-13H2,1-2H3/t15-,18?/m0/s1/i2D3. The number of fused-ring (bicyclic) bond motifs is 1. The van der Waals surface area contributed by atoms with E-state index in [1.54, 1.807) is 4.90 Å². The second-order valence-corrected chi connectivity index (χ2v) is 7.82. The van der Waals surface area contributed by atoms with Crippen LogP contribution in [0.4, 0.5) is 0 Å². The van der Waals surface area contributed by atoms with E-state index in [1.807, 2.05) is 11.0 Å². The van der Waals surface area contributed by atoms with Gasteiger partial charge >= 0.3 is 0 Å². The second-order valence-electron chi connectivity index (χ2n) is 7.82. The van der Waals surface area contributed by atoms with E-state index in [0.717, 1.165) is 50.8 Å². The first-order chi connectivity index (χ1) is 12.8. The molecule has 1 amide bonds. The number of hydrogen-bond donors (Lipinski definition) is 0. The summed E-state index contributed by atoms with van der Waals surface area (Å²) >= 11 is 0. The number of piperidine rings is 2. The van der Waals surface area contributed by atoms with Crippen LogP contribution in [0, 0.1) is 5.92 Å². The minimum atomic E-state index is -2.02. The normalized spacial score (nSPS) is 31.7. The molecule has 0 N–H and O–H groups in total. The molecule has 130 valence electrons. The number of nitrogens with zero attached hydrogens (tertiary/aromatic N) is 2. The molecule has 0 saturated carbocycles. The molecule has 2 saturated heterocycles. The van der Waals surface area contributed by atoms with Crippen molar-refractivity contribution < 1.29 is 13.6 Å². The summed E-state index contributed by atoms with van der Waals surface area (Å²) in [6, 6.07) is 6.48. The van der Waals surface area contributed by atoms with E-state index in [9.17, 15) is 4.79 Å². The van der Waals surface area contributed by atoms with Gasteiger partial charge in [-0.25, -0.2) is 0 Å². The molecule has 4 rings (SSSR count). The van der Waals surface area contributed by atoms with Crippen LogP contribution in [-0.2, 0) is 11.2 Å². The lowest BCUT2D eigenvalue weighted by Crippen LogP contribution is -2.45. The Morgan fingerprint density at radius 3 is 2.92 bits per heavy atom. The fraction of sp³-hybridized carbons (Fsp3) is 0.650. The predicted molar refractivity (Wildman–Crippen MR) is 94.1 cm³/mol. The summed E-state index contributed by atoms with van der Waals surface area (Å²) in [6.07, 6.45) is 5.41. The molecule has 3 aliphatic rings. The molecular weight excluding hydrogens is 300 g/mol. The van der Waals surface area contributed by atoms with Crippen LogP contribution in [0.5, 0.6) is 5.75 Å². The van der Waals surface area contributed by atoms with Gasteiger partial charge in [-0.2, -0.15) is 0 Å². The Hall–Kier alpha value is -1.55. The Morgan fingerprint density at radius 1 is 1.33 bits per heavy atom. The number of likely N-dealkylation sites (tertiary alicyclic amines) is 2. The number of carbonyl (C=O) groups excluding carboxylic acids is 1. The van der Waals surface area contributed by atoms with Gasteiger partial charge in [0.05, 0.1) is 6.04 Å². The number of ether oxygens (including phenoxy) is 1. The van der Waals surface area contributed by atoms with Gasteiger partial charge in [0.1, 0.15) is 11.4 Å². The smallest absolute Gasteiger partial charge is 0.210 e. The first kappa shape index (κ1) is 12.8. The summed E-state index contributed by atoms with van der Waals surface area (Å²) in [4.78, 5) is 15.0. The molecule has 4 nitrogen and oxygen atoms in total. The average Bonchev–Trinajstić information content (AvgIpc) is 2.97. The van der Waals surface area contributed by atoms with E-state index in [4.69, 9.17) is 8.85 Å². The maximum atomic E-state index is 11.5. The second kappa shape index (κ2) is 6.07. The van der Waals surface area contributed by atoms with E-state index in [2.05, 4.69) is 19.1 Å². The van der Waals surface area contributed by atoms with E-state index in [0.29, 0.717) is 19.0 Å². The third-order valence-corrected chi connectivity index (χ3v) is 5.97. The lowest BCUT2D eigenvalue weighted by Gasteiger charge is -2.37. The van der Waals surface area contributed by atoms with Crippen molar-refractivity contribution in [2.75, 3.05) is 26.6 Å². The molecule has 4 heteroatoms. The Bertz CT molecular complexity index is 714. The highest BCUT2D eigenvalue weighted by molar-refractivity contribution is 5.50. The van der Waals surface area contributed by atoms with E-state index in [-0.39, 0.29) is 11.6 Å². The number of benzene rings is 1. The molecule has 0 bridgehead atoms. The van der Waals surface area contributed by atoms with Gasteiger partial charge in [0.15, 0.2) is 0 Å². The van der Waals surface area contributed by atoms with Gasteiger partial charge in [-0.1, -0.05) is 13.0 Å². The van der Waals surface area contributed by atoms with E-state index >= 15 is 0 Å². The monoisotopic (exact) mass is 331 g/mol. The van der Waals surface area contributed by atoms with E-state index < -0.39 is 6.98 Å². The maximum Gasteiger partial charge on any atom is 0.210 e. The average molecular weight is 331 g/mol. The van der Waals surface area contributed by atoms with Crippen LogP contribution in [0.1, 0.15) is 53.9 Å². The minimum Gasteiger partial charge on any atom is -0.487 e. The van der Waals surface area contributed by atoms with Crippen molar-refractivity contribution in [3.8, 4) is 5.75 Å². The number of rotatable bonds is 2. The van der Waals surface area contributed by atoms with Gasteiger partial charge in [0, 0.05) is 43.0 Å². The zero-order valence-corrected chi connectivity index (χ0v) is 14.3. The van der Waals surface area contributed by atoms with Crippen molar-refractivity contribution in [1.82, 2.24) is 9.80 Å². The van der Waals surface area contributed by atoms with Crippen LogP contribution in [-0.4, -0.2) is 48.4 Å². The van der Waals surface area contributed by atoms with Gasteiger partial charge < -0.3 is 14.5 Å². The molecule has 1 aromatic carbocycles. The van der Waals surface area contributed by atoms with Crippen LogP contribution in [0.25, 0.3) is 0 Å². The summed E-state index contributed by atoms with van der Waals surface area (Å²) in [6.45, 7) is 2.07. The van der Waals surface area contributed by atoms with Crippen molar-refractivity contribution in [3.63, 3.8) is 0 Å². The number of amides is 1. The summed E-state index contributed by atoms with van der Waals surface area (Å²) in [5.74, 6) is 1.47. The lowest BCUT2D eigenvalue weighted by atomic mass is 9.86. The zero-order valence-electron chi connectivity index (χ0n) is 17.3. The quantitative estimate of drug-likeness (QED) is 0.781. The molecule has 1 spiro atoms. The van der Waals surface area contributed by atoms with Gasteiger partial charge in [-0.15, -0.1) is 0 Å². The third-order valence-electron chi connectivity index (χ3n) is 5.97. The van der Waals surface area contributed by atoms with Crippen LogP contribution in [0.3, 0.4) is 0 Å². The Balaban J connectivity index is 1.49. The number of hydrogen-bond acceptors (Lipinski definition) is 3. The van der Waals surface area contributed by atoms with Crippen LogP contribution in [0.15, 0.2) is 18.2 Å². The van der Waals surface area contributed by atoms with E-state index in [1.165, 1.54) is 11.1 Å². The largest absolute Gasteiger partial charge is 0.487 e. The summed E-state index contributed by atoms with van der Waals surface area (Å²) in [5, 5.41) is 0. The first-order valence-corrected chi connectivity index (χ1v) is 9.08. The molecule has 3 heterocycles. The predicted octanol–water partition coefficient (Wildman–Crippen LogP) is 3.02. The SMILES string of the molecule is [2H]C([2H])([2H])N1CCC2(CC1)Cc1cc(C3CC[C@H](C)CN3C=O)ccc1O2. The fourth-order valence-corrected chi connectivity index (χ4v) is 4.52. The van der Waals surface area contributed by atoms with Crippen LogP contribution >= 0.6 is 0 Å². The topological polar surface area (TPSA) is 32.8 Å². The minimum absolute atomic E-state index is 0.151. The molecule has 1 unspecified atom stereocenters. The molecule has 1 aromatic rings. The highest BCUT2D eigenvalue weighted by Crippen LogP contribution is 2.43. The highest BCUT2D eigenvalue weighted by Gasteiger charge is 2.41. The third kappa shape index (κ3) is 2.81. The van der Waals surface area contributed by atoms with Crippen molar-refractivity contribution in [3.05, 3.63) is 29.3 Å². The number of carbonyl (C=O) groups is 1. The van der Waals surface area contributed by atoms with Crippen molar-refractivity contribution in [2.24, 2.45) is 5.92 Å². The van der Waals surface area contributed by atoms with Crippen LogP contribution < -0.4 is 4.74 Å². The summed E-state index contributed by atoms with van der Waals surface area (Å²) in [5.41, 5.74) is 2.11.